The number of rotatable bonds is 8. The van der Waals surface area contributed by atoms with Gasteiger partial charge >= 0.3 is 5.97 Å². The topological polar surface area (TPSA) is 63.7 Å². The van der Waals surface area contributed by atoms with Gasteiger partial charge in [-0.25, -0.2) is 22.0 Å². The van der Waals surface area contributed by atoms with Crippen molar-refractivity contribution >= 4 is 16.0 Å². The second kappa shape index (κ2) is 10.0. The summed E-state index contributed by atoms with van der Waals surface area (Å²) in [5, 5.41) is 0. The first-order chi connectivity index (χ1) is 15.2. The molecule has 8 heteroatoms. The van der Waals surface area contributed by atoms with E-state index in [1.54, 1.807) is 31.2 Å². The summed E-state index contributed by atoms with van der Waals surface area (Å²) >= 11 is 0. The molecule has 0 N–H and O–H groups in total. The van der Waals surface area contributed by atoms with Crippen LogP contribution in [-0.2, 0) is 27.8 Å². The van der Waals surface area contributed by atoms with Crippen molar-refractivity contribution in [3.8, 4) is 0 Å². The first-order valence-electron chi connectivity index (χ1n) is 9.97. The molecular formula is C24H23F2NO4S. The molecule has 3 rings (SSSR count). The molecule has 0 aliphatic heterocycles. The van der Waals surface area contributed by atoms with Crippen LogP contribution < -0.4 is 0 Å². The van der Waals surface area contributed by atoms with E-state index in [4.69, 9.17) is 4.74 Å². The molecule has 0 aliphatic rings. The summed E-state index contributed by atoms with van der Waals surface area (Å²) in [6, 6.07) is 15.6. The van der Waals surface area contributed by atoms with Crippen LogP contribution in [0, 0.1) is 18.6 Å². The number of hydrogen-bond acceptors (Lipinski definition) is 4. The summed E-state index contributed by atoms with van der Waals surface area (Å²) in [5.41, 5.74) is 1.81. The number of carbonyl (C=O) groups excluding carboxylic acids is 1. The van der Waals surface area contributed by atoms with Gasteiger partial charge in [0.15, 0.2) is 0 Å². The maximum Gasteiger partial charge on any atom is 0.338 e. The Labute approximate surface area is 186 Å². The molecule has 0 bridgehead atoms. The Morgan fingerprint density at radius 1 is 0.906 bits per heavy atom. The number of benzene rings is 3. The molecule has 0 amide bonds. The van der Waals surface area contributed by atoms with Gasteiger partial charge in [0.2, 0.25) is 10.0 Å². The summed E-state index contributed by atoms with van der Waals surface area (Å²) in [7, 11) is -4.00. The number of halogens is 2. The van der Waals surface area contributed by atoms with Crippen molar-refractivity contribution in [1.82, 2.24) is 4.31 Å². The van der Waals surface area contributed by atoms with E-state index < -0.39 is 27.6 Å². The van der Waals surface area contributed by atoms with Gasteiger partial charge in [-0.05, 0) is 73.0 Å². The minimum absolute atomic E-state index is 0.000755. The van der Waals surface area contributed by atoms with E-state index >= 15 is 0 Å². The predicted octanol–water partition coefficient (Wildman–Crippen LogP) is 4.84. The standard InChI is InChI=1S/C24H23F2NO4S/c1-3-31-24(28)20-8-4-18(5-9-20)15-27(16-19-6-10-21(25)11-7-19)32(29,30)22-12-13-23(26)17(2)14-22/h4-14H,3,15-16H2,1-2H3. The molecule has 0 saturated carbocycles. The van der Waals surface area contributed by atoms with E-state index in [0.717, 1.165) is 6.07 Å². The van der Waals surface area contributed by atoms with Crippen molar-refractivity contribution in [3.05, 3.63) is 101 Å². The largest absolute Gasteiger partial charge is 0.462 e. The first-order valence-corrected chi connectivity index (χ1v) is 11.4. The van der Waals surface area contributed by atoms with Crippen molar-refractivity contribution in [2.75, 3.05) is 6.61 Å². The predicted molar refractivity (Wildman–Crippen MR) is 116 cm³/mol. The smallest absolute Gasteiger partial charge is 0.338 e. The fraction of sp³-hybridized carbons (Fsp3) is 0.208. The van der Waals surface area contributed by atoms with Gasteiger partial charge < -0.3 is 4.74 Å². The Bertz CT molecular complexity index is 1190. The second-order valence-electron chi connectivity index (χ2n) is 7.23. The van der Waals surface area contributed by atoms with Gasteiger partial charge in [0.25, 0.3) is 0 Å². The second-order valence-corrected chi connectivity index (χ2v) is 9.17. The van der Waals surface area contributed by atoms with Crippen LogP contribution in [-0.4, -0.2) is 25.3 Å². The summed E-state index contributed by atoms with van der Waals surface area (Å²) in [4.78, 5) is 11.8. The van der Waals surface area contributed by atoms with E-state index in [-0.39, 0.29) is 30.2 Å². The molecule has 3 aromatic rings. The average molecular weight is 460 g/mol. The van der Waals surface area contributed by atoms with Crippen LogP contribution in [0.4, 0.5) is 8.78 Å². The van der Waals surface area contributed by atoms with E-state index in [9.17, 15) is 22.0 Å². The van der Waals surface area contributed by atoms with Crippen molar-refractivity contribution in [1.29, 1.82) is 0 Å². The van der Waals surface area contributed by atoms with Gasteiger partial charge in [0, 0.05) is 13.1 Å². The molecule has 0 aromatic heterocycles. The average Bonchev–Trinajstić information content (AvgIpc) is 2.77. The highest BCUT2D eigenvalue weighted by Gasteiger charge is 2.26. The monoisotopic (exact) mass is 459 g/mol. The van der Waals surface area contributed by atoms with Crippen molar-refractivity contribution in [2.45, 2.75) is 31.8 Å². The van der Waals surface area contributed by atoms with E-state index in [1.807, 2.05) is 0 Å². The molecule has 0 fully saturated rings. The number of carbonyl (C=O) groups is 1. The van der Waals surface area contributed by atoms with Crippen molar-refractivity contribution < 1.29 is 26.7 Å². The minimum Gasteiger partial charge on any atom is -0.462 e. The van der Waals surface area contributed by atoms with Crippen LogP contribution in [0.3, 0.4) is 0 Å². The molecule has 0 aliphatic carbocycles. The SMILES string of the molecule is CCOC(=O)c1ccc(CN(Cc2ccc(F)cc2)S(=O)(=O)c2ccc(F)c(C)c2)cc1. The molecule has 0 spiro atoms. The Morgan fingerprint density at radius 3 is 2.00 bits per heavy atom. The number of ether oxygens (including phenoxy) is 1. The third kappa shape index (κ3) is 5.57. The number of esters is 1. The fourth-order valence-corrected chi connectivity index (χ4v) is 4.61. The number of hydrogen-bond donors (Lipinski definition) is 0. The van der Waals surface area contributed by atoms with Gasteiger partial charge in [-0.1, -0.05) is 24.3 Å². The molecule has 168 valence electrons. The third-order valence-corrected chi connectivity index (χ3v) is 6.65. The van der Waals surface area contributed by atoms with Crippen molar-refractivity contribution in [2.24, 2.45) is 0 Å². The lowest BCUT2D eigenvalue weighted by Gasteiger charge is -2.23. The maximum atomic E-state index is 13.7. The van der Waals surface area contributed by atoms with E-state index in [0.29, 0.717) is 16.7 Å². The highest BCUT2D eigenvalue weighted by atomic mass is 32.2. The summed E-state index contributed by atoms with van der Waals surface area (Å²) in [6.07, 6.45) is 0. The number of sulfonamides is 1. The molecule has 0 radical (unpaired) electrons. The molecule has 0 unspecified atom stereocenters. The Kier molecular flexibility index (Phi) is 7.37. The molecule has 0 saturated heterocycles. The Morgan fingerprint density at radius 2 is 1.47 bits per heavy atom. The highest BCUT2D eigenvalue weighted by Crippen LogP contribution is 2.23. The lowest BCUT2D eigenvalue weighted by atomic mass is 10.1. The summed E-state index contributed by atoms with van der Waals surface area (Å²) in [6.45, 7) is 3.44. The van der Waals surface area contributed by atoms with Crippen LogP contribution in [0.2, 0.25) is 0 Å². The lowest BCUT2D eigenvalue weighted by molar-refractivity contribution is 0.0526. The molecular weight excluding hydrogens is 436 g/mol. The quantitative estimate of drug-likeness (QED) is 0.452. The van der Waals surface area contributed by atoms with Crippen LogP contribution in [0.15, 0.2) is 71.6 Å². The summed E-state index contributed by atoms with van der Waals surface area (Å²) < 4.78 is 60.0. The maximum absolute atomic E-state index is 13.7. The first kappa shape index (κ1) is 23.6. The molecule has 32 heavy (non-hydrogen) atoms. The number of aryl methyl sites for hydroxylation is 1. The van der Waals surface area contributed by atoms with E-state index in [2.05, 4.69) is 0 Å². The van der Waals surface area contributed by atoms with Crippen molar-refractivity contribution in [3.63, 3.8) is 0 Å². The third-order valence-electron chi connectivity index (χ3n) is 4.86. The van der Waals surface area contributed by atoms with Crippen LogP contribution in [0.25, 0.3) is 0 Å². The summed E-state index contributed by atoms with van der Waals surface area (Å²) in [5.74, 6) is -1.38. The lowest BCUT2D eigenvalue weighted by Crippen LogP contribution is -2.30. The molecule has 0 atom stereocenters. The van der Waals surface area contributed by atoms with Gasteiger partial charge in [-0.15, -0.1) is 0 Å². The Balaban J connectivity index is 1.94. The Hall–Kier alpha value is -3.10. The number of nitrogens with zero attached hydrogens (tertiary/aromatic N) is 1. The molecule has 5 nitrogen and oxygen atoms in total. The zero-order valence-corrected chi connectivity index (χ0v) is 18.5. The normalized spacial score (nSPS) is 11.5. The van der Waals surface area contributed by atoms with Crippen LogP contribution >= 0.6 is 0 Å². The van der Waals surface area contributed by atoms with Crippen LogP contribution in [0.1, 0.15) is 34.0 Å². The minimum atomic E-state index is -4.00. The van der Waals surface area contributed by atoms with Gasteiger partial charge in [0.1, 0.15) is 11.6 Å². The highest BCUT2D eigenvalue weighted by molar-refractivity contribution is 7.89. The van der Waals surface area contributed by atoms with Gasteiger partial charge in [-0.3, -0.25) is 0 Å². The van der Waals surface area contributed by atoms with Gasteiger partial charge in [-0.2, -0.15) is 4.31 Å². The van der Waals surface area contributed by atoms with Gasteiger partial charge in [0.05, 0.1) is 17.1 Å². The van der Waals surface area contributed by atoms with Crippen LogP contribution in [0.5, 0.6) is 0 Å². The molecule has 0 heterocycles. The zero-order valence-electron chi connectivity index (χ0n) is 17.7. The molecule has 3 aromatic carbocycles. The zero-order chi connectivity index (χ0) is 23.3. The van der Waals surface area contributed by atoms with E-state index in [1.165, 1.54) is 47.6 Å². The fourth-order valence-electron chi connectivity index (χ4n) is 3.11.